The molecule has 4 rings (SSSR count). The first-order chi connectivity index (χ1) is 18.2. The van der Waals surface area contributed by atoms with E-state index in [4.69, 9.17) is 5.73 Å². The number of phenolic OH excluding ortho intramolecular Hbond substituents is 2. The van der Waals surface area contributed by atoms with Gasteiger partial charge in [-0.3, -0.25) is 34.2 Å². The Bertz CT molecular complexity index is 1290. The SMILES string of the molecule is N[C@@H](Cc1ccc(O)c(O)c1)C(=O)NCCCCNc1cccc2c1C(=O)N(C1CCC(=O)NC1=O)C2=O. The first-order valence-electron chi connectivity index (χ1n) is 12.3. The number of piperidine rings is 1. The smallest absolute Gasteiger partial charge is 0.264 e. The molecule has 0 bridgehead atoms. The number of phenols is 2. The number of hydrogen-bond acceptors (Lipinski definition) is 9. The maximum Gasteiger partial charge on any atom is 0.264 e. The Labute approximate surface area is 218 Å². The lowest BCUT2D eigenvalue weighted by atomic mass is 10.0. The van der Waals surface area contributed by atoms with E-state index in [9.17, 15) is 34.2 Å². The summed E-state index contributed by atoms with van der Waals surface area (Å²) in [6.45, 7) is 0.841. The Morgan fingerprint density at radius 1 is 1.05 bits per heavy atom. The number of unbranched alkanes of at least 4 members (excludes halogenated alkanes) is 1. The molecule has 1 unspecified atom stereocenters. The van der Waals surface area contributed by atoms with Gasteiger partial charge in [-0.05, 0) is 55.5 Å². The van der Waals surface area contributed by atoms with Crippen LogP contribution < -0.4 is 21.7 Å². The maximum absolute atomic E-state index is 13.1. The van der Waals surface area contributed by atoms with Gasteiger partial charge in [0.1, 0.15) is 6.04 Å². The van der Waals surface area contributed by atoms with Crippen LogP contribution in [-0.2, 0) is 20.8 Å². The number of nitrogens with two attached hydrogens (primary N) is 1. The molecule has 1 fully saturated rings. The van der Waals surface area contributed by atoms with Gasteiger partial charge >= 0.3 is 0 Å². The van der Waals surface area contributed by atoms with Crippen molar-refractivity contribution in [1.82, 2.24) is 15.5 Å². The fourth-order valence-corrected chi connectivity index (χ4v) is 4.52. The van der Waals surface area contributed by atoms with Crippen molar-refractivity contribution in [2.24, 2.45) is 5.73 Å². The van der Waals surface area contributed by atoms with E-state index < -0.39 is 35.7 Å². The number of nitrogens with one attached hydrogen (secondary N) is 3. The summed E-state index contributed by atoms with van der Waals surface area (Å²) in [5.41, 5.74) is 7.42. The third-order valence-electron chi connectivity index (χ3n) is 6.52. The van der Waals surface area contributed by atoms with Gasteiger partial charge in [-0.25, -0.2) is 0 Å². The van der Waals surface area contributed by atoms with Crippen LogP contribution in [0.25, 0.3) is 0 Å². The van der Waals surface area contributed by atoms with Crippen LogP contribution in [0, 0.1) is 0 Å². The van der Waals surface area contributed by atoms with Crippen molar-refractivity contribution in [2.45, 2.75) is 44.2 Å². The summed E-state index contributed by atoms with van der Waals surface area (Å²) in [7, 11) is 0. The van der Waals surface area contributed by atoms with Crippen molar-refractivity contribution in [3.8, 4) is 11.5 Å². The maximum atomic E-state index is 13.1. The van der Waals surface area contributed by atoms with Crippen LogP contribution in [0.2, 0.25) is 0 Å². The molecule has 2 atom stereocenters. The highest BCUT2D eigenvalue weighted by Crippen LogP contribution is 2.32. The molecule has 0 spiro atoms. The zero-order chi connectivity index (χ0) is 27.4. The van der Waals surface area contributed by atoms with E-state index in [0.717, 1.165) is 4.90 Å². The quantitative estimate of drug-likeness (QED) is 0.145. The molecule has 0 saturated carbocycles. The molecule has 0 aliphatic carbocycles. The Balaban J connectivity index is 1.24. The number of imide groups is 2. The van der Waals surface area contributed by atoms with E-state index >= 15 is 0 Å². The van der Waals surface area contributed by atoms with E-state index in [0.29, 0.717) is 37.2 Å². The van der Waals surface area contributed by atoms with E-state index in [2.05, 4.69) is 16.0 Å². The average molecular weight is 524 g/mol. The Hall–Kier alpha value is -4.45. The van der Waals surface area contributed by atoms with Crippen molar-refractivity contribution in [1.29, 1.82) is 0 Å². The minimum Gasteiger partial charge on any atom is -0.504 e. The molecule has 2 aromatic rings. The standard InChI is InChI=1S/C26H29N5O7/c27-16(12-14-6-8-19(32)20(33)13-14)23(35)29-11-2-1-10-28-17-5-3-4-15-22(17)26(38)31(25(15)37)18-7-9-21(34)30-24(18)36/h3-6,8,13,16,18,28,32-33H,1-2,7,9-12,27H2,(H,29,35)(H,30,34,36)/t16-,18?/m0/s1. The fraction of sp³-hybridized carbons (Fsp3) is 0.346. The second kappa shape index (κ2) is 11.3. The highest BCUT2D eigenvalue weighted by Gasteiger charge is 2.45. The van der Waals surface area contributed by atoms with Crippen LogP contribution in [0.3, 0.4) is 0 Å². The van der Waals surface area contributed by atoms with Gasteiger partial charge in [-0.1, -0.05) is 12.1 Å². The minimum absolute atomic E-state index is 0.0523. The van der Waals surface area contributed by atoms with E-state index in [1.807, 2.05) is 0 Å². The number of aromatic hydroxyl groups is 2. The predicted octanol–water partition coefficient (Wildman–Crippen LogP) is 0.377. The number of benzene rings is 2. The number of anilines is 1. The summed E-state index contributed by atoms with van der Waals surface area (Å²) < 4.78 is 0. The lowest BCUT2D eigenvalue weighted by molar-refractivity contribution is -0.136. The first-order valence-corrected chi connectivity index (χ1v) is 12.3. The number of fused-ring (bicyclic) bond motifs is 1. The Kier molecular flexibility index (Phi) is 7.91. The number of carbonyl (C=O) groups is 5. The third-order valence-corrected chi connectivity index (χ3v) is 6.52. The fourth-order valence-electron chi connectivity index (χ4n) is 4.52. The monoisotopic (exact) mass is 523 g/mol. The van der Waals surface area contributed by atoms with Gasteiger partial charge in [-0.15, -0.1) is 0 Å². The lowest BCUT2D eigenvalue weighted by Gasteiger charge is -2.27. The van der Waals surface area contributed by atoms with Crippen LogP contribution in [0.1, 0.15) is 52.0 Å². The van der Waals surface area contributed by atoms with Gasteiger partial charge in [0.05, 0.1) is 17.2 Å². The summed E-state index contributed by atoms with van der Waals surface area (Å²) >= 11 is 0. The van der Waals surface area contributed by atoms with E-state index in [1.165, 1.54) is 18.2 Å². The lowest BCUT2D eigenvalue weighted by Crippen LogP contribution is -2.54. The van der Waals surface area contributed by atoms with Crippen LogP contribution in [0.5, 0.6) is 11.5 Å². The Morgan fingerprint density at radius 3 is 2.55 bits per heavy atom. The van der Waals surface area contributed by atoms with Gasteiger partial charge in [0.15, 0.2) is 11.5 Å². The van der Waals surface area contributed by atoms with Crippen molar-refractivity contribution >= 4 is 35.2 Å². The normalized spacial score (nSPS) is 17.7. The van der Waals surface area contributed by atoms with Gasteiger partial charge < -0.3 is 26.6 Å². The summed E-state index contributed by atoms with van der Waals surface area (Å²) in [6.07, 6.45) is 1.60. The number of carbonyl (C=O) groups excluding carboxylic acids is 5. The van der Waals surface area contributed by atoms with E-state index in [1.54, 1.807) is 18.2 Å². The molecule has 2 aliphatic rings. The molecule has 38 heavy (non-hydrogen) atoms. The number of hydrogen-bond donors (Lipinski definition) is 6. The molecule has 7 N–H and O–H groups in total. The second-order valence-electron chi connectivity index (χ2n) is 9.23. The van der Waals surface area contributed by atoms with Crippen molar-refractivity contribution < 1.29 is 34.2 Å². The molecule has 1 saturated heterocycles. The van der Waals surface area contributed by atoms with Crippen molar-refractivity contribution in [3.05, 3.63) is 53.1 Å². The van der Waals surface area contributed by atoms with Gasteiger partial charge in [0.25, 0.3) is 11.8 Å². The number of amides is 5. The highest BCUT2D eigenvalue weighted by atomic mass is 16.3. The highest BCUT2D eigenvalue weighted by molar-refractivity contribution is 6.25. The summed E-state index contributed by atoms with van der Waals surface area (Å²) in [5.74, 6) is -3.10. The summed E-state index contributed by atoms with van der Waals surface area (Å²) in [6, 6.07) is 7.29. The second-order valence-corrected chi connectivity index (χ2v) is 9.23. The zero-order valence-electron chi connectivity index (χ0n) is 20.5. The third kappa shape index (κ3) is 5.59. The zero-order valence-corrected chi connectivity index (χ0v) is 20.5. The topological polar surface area (TPSA) is 191 Å². The molecule has 12 nitrogen and oxygen atoms in total. The molecule has 2 heterocycles. The molecule has 12 heteroatoms. The average Bonchev–Trinajstić information content (AvgIpc) is 3.13. The number of nitrogens with zero attached hydrogens (tertiary/aromatic N) is 1. The van der Waals surface area contributed by atoms with Crippen molar-refractivity contribution in [2.75, 3.05) is 18.4 Å². The molecule has 2 aliphatic heterocycles. The van der Waals surface area contributed by atoms with Gasteiger partial charge in [-0.2, -0.15) is 0 Å². The Morgan fingerprint density at radius 2 is 1.82 bits per heavy atom. The molecular formula is C26H29N5O7. The summed E-state index contributed by atoms with van der Waals surface area (Å²) in [5, 5.41) is 27.0. The van der Waals surface area contributed by atoms with E-state index in [-0.39, 0.29) is 47.8 Å². The molecular weight excluding hydrogens is 494 g/mol. The number of rotatable bonds is 10. The molecule has 0 aromatic heterocycles. The predicted molar refractivity (Wildman–Crippen MR) is 135 cm³/mol. The minimum atomic E-state index is -1.03. The van der Waals surface area contributed by atoms with Crippen molar-refractivity contribution in [3.63, 3.8) is 0 Å². The van der Waals surface area contributed by atoms with Gasteiger partial charge in [0, 0.05) is 25.2 Å². The molecule has 200 valence electrons. The van der Waals surface area contributed by atoms with Gasteiger partial charge in [0.2, 0.25) is 17.7 Å². The van der Waals surface area contributed by atoms with Crippen LogP contribution in [0.15, 0.2) is 36.4 Å². The largest absolute Gasteiger partial charge is 0.504 e. The van der Waals surface area contributed by atoms with Crippen LogP contribution in [-0.4, -0.2) is 69.8 Å². The molecule has 2 aromatic carbocycles. The first kappa shape index (κ1) is 26.6. The molecule has 5 amide bonds. The van der Waals surface area contributed by atoms with Crippen LogP contribution >= 0.6 is 0 Å². The van der Waals surface area contributed by atoms with Crippen LogP contribution in [0.4, 0.5) is 5.69 Å². The molecule has 0 radical (unpaired) electrons. The summed E-state index contributed by atoms with van der Waals surface area (Å²) in [4.78, 5) is 62.9.